The fourth-order valence-electron chi connectivity index (χ4n) is 2.35. The molecule has 6 heteroatoms. The molecule has 0 bridgehead atoms. The van der Waals surface area contributed by atoms with Gasteiger partial charge in [0.1, 0.15) is 0 Å². The zero-order chi connectivity index (χ0) is 12.5. The molecule has 1 amide bonds. The molecule has 17 heavy (non-hydrogen) atoms. The summed E-state index contributed by atoms with van der Waals surface area (Å²) in [6.07, 6.45) is 2.48. The highest BCUT2D eigenvalue weighted by molar-refractivity contribution is 7.99. The maximum Gasteiger partial charge on any atom is 0.305 e. The summed E-state index contributed by atoms with van der Waals surface area (Å²) in [7, 11) is 0. The molecule has 0 radical (unpaired) electrons. The minimum atomic E-state index is -0.852. The molecule has 0 spiro atoms. The van der Waals surface area contributed by atoms with E-state index in [2.05, 4.69) is 0 Å². The average molecular weight is 258 g/mol. The minimum Gasteiger partial charge on any atom is -0.481 e. The number of hydrogen-bond donors (Lipinski definition) is 2. The summed E-state index contributed by atoms with van der Waals surface area (Å²) in [5, 5.41) is 8.86. The Balaban J connectivity index is 2.05. The molecule has 96 valence electrons. The Morgan fingerprint density at radius 3 is 2.71 bits per heavy atom. The van der Waals surface area contributed by atoms with Crippen LogP contribution in [-0.4, -0.2) is 51.5 Å². The second kappa shape index (κ2) is 4.86. The van der Waals surface area contributed by atoms with Gasteiger partial charge in [0.25, 0.3) is 0 Å². The average Bonchev–Trinajstić information content (AvgIpc) is 2.25. The zero-order valence-corrected chi connectivity index (χ0v) is 10.5. The maximum absolute atomic E-state index is 12.3. The van der Waals surface area contributed by atoms with E-state index in [4.69, 9.17) is 10.8 Å². The van der Waals surface area contributed by atoms with E-state index >= 15 is 0 Å². The Morgan fingerprint density at radius 1 is 1.47 bits per heavy atom. The van der Waals surface area contributed by atoms with Crippen molar-refractivity contribution in [3.8, 4) is 0 Å². The summed E-state index contributed by atoms with van der Waals surface area (Å²) in [4.78, 5) is 24.8. The van der Waals surface area contributed by atoms with Crippen LogP contribution in [0.3, 0.4) is 0 Å². The van der Waals surface area contributed by atoms with Gasteiger partial charge < -0.3 is 15.7 Å². The number of amides is 1. The van der Waals surface area contributed by atoms with Gasteiger partial charge in [0, 0.05) is 18.1 Å². The Kier molecular flexibility index (Phi) is 3.63. The lowest BCUT2D eigenvalue weighted by molar-refractivity contribution is -0.145. The van der Waals surface area contributed by atoms with E-state index in [0.29, 0.717) is 12.3 Å². The Bertz CT molecular complexity index is 331. The van der Waals surface area contributed by atoms with Crippen molar-refractivity contribution in [2.75, 3.05) is 18.1 Å². The van der Waals surface area contributed by atoms with Crippen LogP contribution in [0.5, 0.6) is 0 Å². The predicted octanol–water partition coefficient (Wildman–Crippen LogP) is 0.286. The third-order valence-corrected chi connectivity index (χ3v) is 4.66. The molecule has 3 N–H and O–H groups in total. The van der Waals surface area contributed by atoms with Crippen molar-refractivity contribution < 1.29 is 14.7 Å². The second-order valence-corrected chi connectivity index (χ2v) is 5.98. The molecule has 0 aromatic heterocycles. The van der Waals surface area contributed by atoms with Crippen LogP contribution in [0.25, 0.3) is 0 Å². The smallest absolute Gasteiger partial charge is 0.305 e. The highest BCUT2D eigenvalue weighted by Crippen LogP contribution is 2.33. The Hall–Kier alpha value is -0.750. The van der Waals surface area contributed by atoms with E-state index in [-0.39, 0.29) is 18.4 Å². The molecule has 0 aromatic carbocycles. The standard InChI is InChI=1S/C11H18N2O3S/c12-11(2-1-3-11)10(16)13-4-5-17-7-8(13)6-9(14)15/h8H,1-7,12H2,(H,14,15). The number of carboxylic acids is 1. The van der Waals surface area contributed by atoms with E-state index in [1.807, 2.05) is 0 Å². The summed E-state index contributed by atoms with van der Waals surface area (Å²) in [5.74, 6) is 0.678. The number of nitrogens with two attached hydrogens (primary N) is 1. The molecular formula is C11H18N2O3S. The first-order chi connectivity index (χ1) is 8.03. The number of carboxylic acid groups (broad SMARTS) is 1. The fraction of sp³-hybridized carbons (Fsp3) is 0.818. The number of thioether (sulfide) groups is 1. The van der Waals surface area contributed by atoms with Gasteiger partial charge in [0.05, 0.1) is 18.0 Å². The molecule has 1 atom stereocenters. The molecule has 0 aromatic rings. The quantitative estimate of drug-likeness (QED) is 0.760. The topological polar surface area (TPSA) is 83.6 Å². The first kappa shape index (κ1) is 12.7. The van der Waals surface area contributed by atoms with Gasteiger partial charge in [0.2, 0.25) is 5.91 Å². The van der Waals surface area contributed by atoms with Crippen molar-refractivity contribution in [3.05, 3.63) is 0 Å². The van der Waals surface area contributed by atoms with E-state index < -0.39 is 11.5 Å². The van der Waals surface area contributed by atoms with Crippen molar-refractivity contribution in [1.82, 2.24) is 4.90 Å². The molecule has 1 unspecified atom stereocenters. The Labute approximate surface area is 105 Å². The summed E-state index contributed by atoms with van der Waals surface area (Å²) >= 11 is 1.70. The van der Waals surface area contributed by atoms with Crippen molar-refractivity contribution in [1.29, 1.82) is 0 Å². The lowest BCUT2D eigenvalue weighted by Gasteiger charge is -2.44. The molecule has 2 rings (SSSR count). The SMILES string of the molecule is NC1(C(=O)N2CCSCC2CC(=O)O)CCC1. The number of aliphatic carboxylic acids is 1. The van der Waals surface area contributed by atoms with E-state index in [9.17, 15) is 9.59 Å². The van der Waals surface area contributed by atoms with Crippen molar-refractivity contribution in [2.45, 2.75) is 37.3 Å². The first-order valence-electron chi connectivity index (χ1n) is 5.92. The molecule has 1 aliphatic carbocycles. The van der Waals surface area contributed by atoms with Crippen LogP contribution in [0.1, 0.15) is 25.7 Å². The number of carbonyl (C=O) groups is 2. The lowest BCUT2D eigenvalue weighted by atomic mass is 9.76. The molecular weight excluding hydrogens is 240 g/mol. The first-order valence-corrected chi connectivity index (χ1v) is 7.08. The number of rotatable bonds is 3. The van der Waals surface area contributed by atoms with E-state index in [0.717, 1.165) is 25.0 Å². The minimum absolute atomic E-state index is 0.0226. The van der Waals surface area contributed by atoms with E-state index in [1.54, 1.807) is 16.7 Å². The number of nitrogens with zero attached hydrogens (tertiary/aromatic N) is 1. The number of hydrogen-bond acceptors (Lipinski definition) is 4. The van der Waals surface area contributed by atoms with Crippen LogP contribution in [0, 0.1) is 0 Å². The highest BCUT2D eigenvalue weighted by Gasteiger charge is 2.45. The molecule has 2 fully saturated rings. The van der Waals surface area contributed by atoms with Crippen LogP contribution in [-0.2, 0) is 9.59 Å². The highest BCUT2D eigenvalue weighted by atomic mass is 32.2. The van der Waals surface area contributed by atoms with Crippen molar-refractivity contribution in [2.24, 2.45) is 5.73 Å². The summed E-state index contributed by atoms with van der Waals surface area (Å²) in [6, 6.07) is -0.195. The molecule has 2 aliphatic rings. The zero-order valence-electron chi connectivity index (χ0n) is 9.72. The van der Waals surface area contributed by atoms with Gasteiger partial charge in [-0.2, -0.15) is 11.8 Å². The van der Waals surface area contributed by atoms with Gasteiger partial charge in [-0.25, -0.2) is 0 Å². The van der Waals surface area contributed by atoms with Gasteiger partial charge in [-0.05, 0) is 19.3 Å². The molecule has 1 aliphatic heterocycles. The van der Waals surface area contributed by atoms with Gasteiger partial charge >= 0.3 is 5.97 Å². The van der Waals surface area contributed by atoms with Gasteiger partial charge in [0.15, 0.2) is 0 Å². The molecule has 5 nitrogen and oxygen atoms in total. The fourth-order valence-corrected chi connectivity index (χ4v) is 3.41. The predicted molar refractivity (Wildman–Crippen MR) is 65.8 cm³/mol. The van der Waals surface area contributed by atoms with Crippen LogP contribution >= 0.6 is 11.8 Å². The van der Waals surface area contributed by atoms with Crippen molar-refractivity contribution in [3.63, 3.8) is 0 Å². The van der Waals surface area contributed by atoms with Crippen LogP contribution in [0.4, 0.5) is 0 Å². The largest absolute Gasteiger partial charge is 0.481 e. The van der Waals surface area contributed by atoms with E-state index in [1.165, 1.54) is 0 Å². The van der Waals surface area contributed by atoms with Crippen LogP contribution in [0.2, 0.25) is 0 Å². The normalized spacial score (nSPS) is 27.4. The van der Waals surface area contributed by atoms with Crippen LogP contribution in [0.15, 0.2) is 0 Å². The summed E-state index contributed by atoms with van der Waals surface area (Å²) < 4.78 is 0. The third-order valence-electron chi connectivity index (χ3n) is 3.57. The number of carbonyl (C=O) groups excluding carboxylic acids is 1. The van der Waals surface area contributed by atoms with Gasteiger partial charge in [-0.3, -0.25) is 9.59 Å². The Morgan fingerprint density at radius 2 is 2.18 bits per heavy atom. The third kappa shape index (κ3) is 2.57. The maximum atomic E-state index is 12.3. The second-order valence-electron chi connectivity index (χ2n) is 4.83. The molecule has 1 saturated carbocycles. The lowest BCUT2D eigenvalue weighted by Crippen LogP contribution is -2.63. The summed E-state index contributed by atoms with van der Waals surface area (Å²) in [6.45, 7) is 0.625. The van der Waals surface area contributed by atoms with Crippen molar-refractivity contribution >= 4 is 23.6 Å². The van der Waals surface area contributed by atoms with Gasteiger partial charge in [-0.15, -0.1) is 0 Å². The monoisotopic (exact) mass is 258 g/mol. The summed E-state index contributed by atoms with van der Waals surface area (Å²) in [5.41, 5.74) is 5.32. The molecule has 1 heterocycles. The molecule has 1 saturated heterocycles. The van der Waals surface area contributed by atoms with Gasteiger partial charge in [-0.1, -0.05) is 0 Å². The van der Waals surface area contributed by atoms with Crippen LogP contribution < -0.4 is 5.73 Å².